The van der Waals surface area contributed by atoms with Crippen LogP contribution in [0.1, 0.15) is 41.4 Å². The number of aryl methyl sites for hydroxylation is 1. The molecule has 1 aromatic heterocycles. The standard InChI is InChI=1S/C13H20N2OS/c1-9-6-8-17-12(9)13(16)15-7-4-3-5-11(15)10(2)14/h6,8,10-11H,3-5,7,14H2,1-2H3. The van der Waals surface area contributed by atoms with Gasteiger partial charge in [-0.25, -0.2) is 0 Å². The second-order valence-corrected chi connectivity index (χ2v) is 5.77. The van der Waals surface area contributed by atoms with Crippen LogP contribution in [-0.4, -0.2) is 29.4 Å². The number of carbonyl (C=O) groups is 1. The zero-order valence-electron chi connectivity index (χ0n) is 10.5. The molecule has 1 saturated heterocycles. The molecule has 4 heteroatoms. The number of hydrogen-bond acceptors (Lipinski definition) is 3. The van der Waals surface area contributed by atoms with Crippen molar-refractivity contribution in [1.29, 1.82) is 0 Å². The molecule has 1 fully saturated rings. The molecule has 1 aliphatic rings. The molecule has 1 amide bonds. The highest BCUT2D eigenvalue weighted by Gasteiger charge is 2.30. The molecule has 3 nitrogen and oxygen atoms in total. The topological polar surface area (TPSA) is 46.3 Å². The lowest BCUT2D eigenvalue weighted by Gasteiger charge is -2.38. The van der Waals surface area contributed by atoms with Crippen LogP contribution in [-0.2, 0) is 0 Å². The van der Waals surface area contributed by atoms with Crippen molar-refractivity contribution < 1.29 is 4.79 Å². The van der Waals surface area contributed by atoms with Crippen LogP contribution in [0.25, 0.3) is 0 Å². The molecule has 2 N–H and O–H groups in total. The van der Waals surface area contributed by atoms with Crippen LogP contribution >= 0.6 is 11.3 Å². The molecule has 0 radical (unpaired) electrons. The highest BCUT2D eigenvalue weighted by Crippen LogP contribution is 2.24. The molecular weight excluding hydrogens is 232 g/mol. The first-order chi connectivity index (χ1) is 8.11. The Morgan fingerprint density at radius 3 is 2.94 bits per heavy atom. The van der Waals surface area contributed by atoms with Gasteiger partial charge in [-0.05, 0) is 50.1 Å². The summed E-state index contributed by atoms with van der Waals surface area (Å²) in [7, 11) is 0. The number of piperidine rings is 1. The summed E-state index contributed by atoms with van der Waals surface area (Å²) >= 11 is 1.53. The third-order valence-corrected chi connectivity index (χ3v) is 4.48. The summed E-state index contributed by atoms with van der Waals surface area (Å²) in [5, 5.41) is 1.98. The van der Waals surface area contributed by atoms with Crippen molar-refractivity contribution in [2.24, 2.45) is 5.73 Å². The second-order valence-electron chi connectivity index (χ2n) is 4.85. The number of nitrogens with zero attached hydrogens (tertiary/aromatic N) is 1. The molecule has 1 aliphatic heterocycles. The second kappa shape index (κ2) is 5.19. The zero-order chi connectivity index (χ0) is 12.4. The Kier molecular flexibility index (Phi) is 3.84. The molecule has 0 spiro atoms. The van der Waals surface area contributed by atoms with Crippen LogP contribution in [0, 0.1) is 6.92 Å². The number of carbonyl (C=O) groups excluding carboxylic acids is 1. The van der Waals surface area contributed by atoms with Crippen LogP contribution in [0.15, 0.2) is 11.4 Å². The van der Waals surface area contributed by atoms with Gasteiger partial charge in [-0.1, -0.05) is 0 Å². The number of likely N-dealkylation sites (tertiary alicyclic amines) is 1. The Morgan fingerprint density at radius 2 is 2.35 bits per heavy atom. The summed E-state index contributed by atoms with van der Waals surface area (Å²) in [6, 6.07) is 2.26. The van der Waals surface area contributed by atoms with Crippen LogP contribution in [0.5, 0.6) is 0 Å². The molecule has 2 atom stereocenters. The number of nitrogens with two attached hydrogens (primary N) is 1. The molecule has 2 rings (SSSR count). The third kappa shape index (κ3) is 2.53. The number of amides is 1. The fourth-order valence-corrected chi connectivity index (χ4v) is 3.36. The molecule has 0 aliphatic carbocycles. The van der Waals surface area contributed by atoms with Crippen molar-refractivity contribution in [3.05, 3.63) is 21.9 Å². The minimum Gasteiger partial charge on any atom is -0.333 e. The molecule has 1 aromatic rings. The van der Waals surface area contributed by atoms with E-state index in [0.717, 1.165) is 29.8 Å². The minimum absolute atomic E-state index is 0.0551. The van der Waals surface area contributed by atoms with Crippen LogP contribution < -0.4 is 5.73 Å². The molecular formula is C13H20N2OS. The van der Waals surface area contributed by atoms with Crippen molar-refractivity contribution in [3.8, 4) is 0 Å². The summed E-state index contributed by atoms with van der Waals surface area (Å²) in [4.78, 5) is 15.3. The van der Waals surface area contributed by atoms with Gasteiger partial charge in [-0.3, -0.25) is 4.79 Å². The third-order valence-electron chi connectivity index (χ3n) is 3.47. The summed E-state index contributed by atoms with van der Waals surface area (Å²) in [6.45, 7) is 4.84. The van der Waals surface area contributed by atoms with E-state index in [0.29, 0.717) is 0 Å². The molecule has 17 heavy (non-hydrogen) atoms. The molecule has 0 saturated carbocycles. The van der Waals surface area contributed by atoms with E-state index in [9.17, 15) is 4.79 Å². The van der Waals surface area contributed by atoms with Gasteiger partial charge in [0.1, 0.15) is 0 Å². The van der Waals surface area contributed by atoms with Crippen molar-refractivity contribution in [2.75, 3.05) is 6.54 Å². The predicted octanol–water partition coefficient (Wildman–Crippen LogP) is 2.40. The molecule has 94 valence electrons. The monoisotopic (exact) mass is 252 g/mol. The van der Waals surface area contributed by atoms with E-state index >= 15 is 0 Å². The van der Waals surface area contributed by atoms with Crippen molar-refractivity contribution in [2.45, 2.75) is 45.2 Å². The first kappa shape index (κ1) is 12.6. The molecule has 0 bridgehead atoms. The van der Waals surface area contributed by atoms with E-state index in [1.165, 1.54) is 17.8 Å². The maximum absolute atomic E-state index is 12.5. The van der Waals surface area contributed by atoms with Crippen molar-refractivity contribution >= 4 is 17.2 Å². The molecule has 0 aromatic carbocycles. The first-order valence-electron chi connectivity index (χ1n) is 6.22. The van der Waals surface area contributed by atoms with Gasteiger partial charge >= 0.3 is 0 Å². The van der Waals surface area contributed by atoms with Gasteiger partial charge in [0, 0.05) is 18.6 Å². The van der Waals surface area contributed by atoms with E-state index < -0.39 is 0 Å². The van der Waals surface area contributed by atoms with Gasteiger partial charge in [0.2, 0.25) is 0 Å². The van der Waals surface area contributed by atoms with Gasteiger partial charge in [0.25, 0.3) is 5.91 Å². The first-order valence-corrected chi connectivity index (χ1v) is 7.10. The molecule has 2 heterocycles. The van der Waals surface area contributed by atoms with Crippen LogP contribution in [0.2, 0.25) is 0 Å². The van der Waals surface area contributed by atoms with E-state index in [-0.39, 0.29) is 18.0 Å². The van der Waals surface area contributed by atoms with Gasteiger partial charge in [0.15, 0.2) is 0 Å². The van der Waals surface area contributed by atoms with Gasteiger partial charge < -0.3 is 10.6 Å². The normalized spacial score (nSPS) is 22.5. The minimum atomic E-state index is 0.0551. The average Bonchev–Trinajstić information content (AvgIpc) is 2.74. The number of thiophene rings is 1. The SMILES string of the molecule is Cc1ccsc1C(=O)N1CCCCC1C(C)N. The maximum atomic E-state index is 12.5. The lowest BCUT2D eigenvalue weighted by molar-refractivity contribution is 0.0588. The van der Waals surface area contributed by atoms with Crippen LogP contribution in [0.4, 0.5) is 0 Å². The van der Waals surface area contributed by atoms with E-state index in [2.05, 4.69) is 0 Å². The zero-order valence-corrected chi connectivity index (χ0v) is 11.3. The molecule has 2 unspecified atom stereocenters. The highest BCUT2D eigenvalue weighted by atomic mass is 32.1. The summed E-state index contributed by atoms with van der Waals surface area (Å²) in [5.74, 6) is 0.166. The number of hydrogen-bond donors (Lipinski definition) is 1. The summed E-state index contributed by atoms with van der Waals surface area (Å²) in [6.07, 6.45) is 3.31. The predicted molar refractivity (Wildman–Crippen MR) is 71.4 cm³/mol. The number of rotatable bonds is 2. The smallest absolute Gasteiger partial charge is 0.264 e. The van der Waals surface area contributed by atoms with Gasteiger partial charge in [0.05, 0.1) is 4.88 Å². The van der Waals surface area contributed by atoms with E-state index in [1.54, 1.807) is 0 Å². The fourth-order valence-electron chi connectivity index (χ4n) is 2.48. The van der Waals surface area contributed by atoms with Gasteiger partial charge in [-0.2, -0.15) is 0 Å². The Morgan fingerprint density at radius 1 is 1.59 bits per heavy atom. The Labute approximate surface area is 107 Å². The van der Waals surface area contributed by atoms with Crippen LogP contribution in [0.3, 0.4) is 0 Å². The highest BCUT2D eigenvalue weighted by molar-refractivity contribution is 7.12. The fraction of sp³-hybridized carbons (Fsp3) is 0.615. The van der Waals surface area contributed by atoms with E-state index in [4.69, 9.17) is 5.73 Å². The van der Waals surface area contributed by atoms with E-state index in [1.807, 2.05) is 30.2 Å². The lowest BCUT2D eigenvalue weighted by Crippen LogP contribution is -2.51. The summed E-state index contributed by atoms with van der Waals surface area (Å²) < 4.78 is 0. The Balaban J connectivity index is 2.20. The Bertz CT molecular complexity index is 400. The lowest BCUT2D eigenvalue weighted by atomic mass is 9.96. The van der Waals surface area contributed by atoms with Crippen molar-refractivity contribution in [3.63, 3.8) is 0 Å². The summed E-state index contributed by atoms with van der Waals surface area (Å²) in [5.41, 5.74) is 7.07. The Hall–Kier alpha value is -0.870. The average molecular weight is 252 g/mol. The van der Waals surface area contributed by atoms with Gasteiger partial charge in [-0.15, -0.1) is 11.3 Å². The largest absolute Gasteiger partial charge is 0.333 e. The maximum Gasteiger partial charge on any atom is 0.264 e. The quantitative estimate of drug-likeness (QED) is 0.878. The van der Waals surface area contributed by atoms with Crippen molar-refractivity contribution in [1.82, 2.24) is 4.90 Å².